The van der Waals surface area contributed by atoms with Gasteiger partial charge in [-0.2, -0.15) is 0 Å². The van der Waals surface area contributed by atoms with E-state index in [2.05, 4.69) is 5.32 Å². The standard InChI is InChI=1S/C21H23Cl2FN2O2/c1-13(2)25-21(28)14(3)26(12-15-8-9-17(22)18(23)10-15)20(27)11-16-6-4-5-7-19(16)24/h4-10,13-14H,11-12H2,1-3H3,(H,25,28)/t14-/m1/s1. The van der Waals surface area contributed by atoms with Crippen molar-refractivity contribution >= 4 is 35.0 Å². The summed E-state index contributed by atoms with van der Waals surface area (Å²) in [5.74, 6) is -1.09. The summed E-state index contributed by atoms with van der Waals surface area (Å²) in [4.78, 5) is 26.9. The molecule has 2 amide bonds. The normalized spacial score (nSPS) is 12.0. The van der Waals surface area contributed by atoms with Gasteiger partial charge in [0.05, 0.1) is 16.5 Å². The molecule has 2 aromatic rings. The number of rotatable bonds is 7. The average Bonchev–Trinajstić information content (AvgIpc) is 2.63. The third kappa shape index (κ3) is 5.94. The van der Waals surface area contributed by atoms with Gasteiger partial charge in [0.1, 0.15) is 11.9 Å². The summed E-state index contributed by atoms with van der Waals surface area (Å²) in [5.41, 5.74) is 1.00. The molecule has 2 rings (SSSR count). The number of nitrogens with zero attached hydrogens (tertiary/aromatic N) is 1. The first-order valence-corrected chi connectivity index (χ1v) is 9.71. The fraction of sp³-hybridized carbons (Fsp3) is 0.333. The van der Waals surface area contributed by atoms with E-state index in [0.29, 0.717) is 10.0 Å². The molecular weight excluding hydrogens is 402 g/mol. The number of halogens is 3. The van der Waals surface area contributed by atoms with E-state index in [1.165, 1.54) is 11.0 Å². The highest BCUT2D eigenvalue weighted by Gasteiger charge is 2.27. The van der Waals surface area contributed by atoms with Crippen LogP contribution in [0.25, 0.3) is 0 Å². The van der Waals surface area contributed by atoms with Gasteiger partial charge in [-0.3, -0.25) is 9.59 Å². The molecule has 4 nitrogen and oxygen atoms in total. The molecule has 7 heteroatoms. The first-order valence-electron chi connectivity index (χ1n) is 8.96. The van der Waals surface area contributed by atoms with Crippen molar-refractivity contribution in [2.45, 2.75) is 45.8 Å². The van der Waals surface area contributed by atoms with Gasteiger partial charge < -0.3 is 10.2 Å². The van der Waals surface area contributed by atoms with Crippen molar-refractivity contribution in [2.75, 3.05) is 0 Å². The predicted molar refractivity (Wildman–Crippen MR) is 110 cm³/mol. The molecule has 0 unspecified atom stereocenters. The zero-order valence-corrected chi connectivity index (χ0v) is 17.5. The smallest absolute Gasteiger partial charge is 0.242 e. The second kappa shape index (κ2) is 9.89. The van der Waals surface area contributed by atoms with Crippen LogP contribution in [-0.4, -0.2) is 28.8 Å². The zero-order chi connectivity index (χ0) is 20.8. The third-order valence-electron chi connectivity index (χ3n) is 4.23. The Morgan fingerprint density at radius 3 is 2.36 bits per heavy atom. The summed E-state index contributed by atoms with van der Waals surface area (Å²) >= 11 is 12.0. The minimum Gasteiger partial charge on any atom is -0.352 e. The Morgan fingerprint density at radius 2 is 1.75 bits per heavy atom. The van der Waals surface area contributed by atoms with Crippen LogP contribution in [0.2, 0.25) is 10.0 Å². The van der Waals surface area contributed by atoms with Crippen molar-refractivity contribution in [1.82, 2.24) is 10.2 Å². The summed E-state index contributed by atoms with van der Waals surface area (Å²) in [7, 11) is 0. The highest BCUT2D eigenvalue weighted by atomic mass is 35.5. The minimum absolute atomic E-state index is 0.0663. The molecule has 0 saturated heterocycles. The molecule has 150 valence electrons. The van der Waals surface area contributed by atoms with Crippen LogP contribution in [0.4, 0.5) is 4.39 Å². The molecular formula is C21H23Cl2FN2O2. The van der Waals surface area contributed by atoms with Gasteiger partial charge >= 0.3 is 0 Å². The molecule has 0 aliphatic rings. The minimum atomic E-state index is -0.740. The van der Waals surface area contributed by atoms with Crippen LogP contribution in [0.3, 0.4) is 0 Å². The molecule has 28 heavy (non-hydrogen) atoms. The van der Waals surface area contributed by atoms with Crippen LogP contribution < -0.4 is 5.32 Å². The van der Waals surface area contributed by atoms with Crippen molar-refractivity contribution in [1.29, 1.82) is 0 Å². The van der Waals surface area contributed by atoms with Gasteiger partial charge in [0.2, 0.25) is 11.8 Å². The lowest BCUT2D eigenvalue weighted by molar-refractivity contribution is -0.140. The van der Waals surface area contributed by atoms with Gasteiger partial charge in [0.15, 0.2) is 0 Å². The van der Waals surface area contributed by atoms with E-state index in [0.717, 1.165) is 5.56 Å². The van der Waals surface area contributed by atoms with Crippen molar-refractivity contribution in [3.05, 3.63) is 69.5 Å². The second-order valence-electron chi connectivity index (χ2n) is 6.88. The van der Waals surface area contributed by atoms with E-state index in [1.54, 1.807) is 43.3 Å². The third-order valence-corrected chi connectivity index (χ3v) is 4.97. The average molecular weight is 425 g/mol. The van der Waals surface area contributed by atoms with E-state index in [-0.39, 0.29) is 36.4 Å². The topological polar surface area (TPSA) is 49.4 Å². The summed E-state index contributed by atoms with van der Waals surface area (Å²) in [5, 5.41) is 3.57. The Morgan fingerprint density at radius 1 is 1.07 bits per heavy atom. The highest BCUT2D eigenvalue weighted by molar-refractivity contribution is 6.42. The molecule has 1 N–H and O–H groups in total. The molecule has 0 spiro atoms. The SMILES string of the molecule is CC(C)NC(=O)[C@@H](C)N(Cc1ccc(Cl)c(Cl)c1)C(=O)Cc1ccccc1F. The largest absolute Gasteiger partial charge is 0.352 e. The molecule has 0 heterocycles. The van der Waals surface area contributed by atoms with Crippen LogP contribution in [0, 0.1) is 5.82 Å². The Labute approximate surface area is 174 Å². The molecule has 0 fully saturated rings. The van der Waals surface area contributed by atoms with Crippen LogP contribution in [-0.2, 0) is 22.6 Å². The van der Waals surface area contributed by atoms with Gasteiger partial charge in [-0.25, -0.2) is 4.39 Å². The van der Waals surface area contributed by atoms with Crippen LogP contribution in [0.15, 0.2) is 42.5 Å². The first-order chi connectivity index (χ1) is 13.2. The predicted octanol–water partition coefficient (Wildman–Crippen LogP) is 4.62. The van der Waals surface area contributed by atoms with Crippen LogP contribution in [0.1, 0.15) is 31.9 Å². The van der Waals surface area contributed by atoms with E-state index in [4.69, 9.17) is 23.2 Å². The van der Waals surface area contributed by atoms with E-state index >= 15 is 0 Å². The van der Waals surface area contributed by atoms with Gasteiger partial charge in [-0.1, -0.05) is 47.5 Å². The second-order valence-corrected chi connectivity index (χ2v) is 7.69. The lowest BCUT2D eigenvalue weighted by Crippen LogP contribution is -2.49. The van der Waals surface area contributed by atoms with E-state index in [9.17, 15) is 14.0 Å². The van der Waals surface area contributed by atoms with E-state index < -0.39 is 11.9 Å². The van der Waals surface area contributed by atoms with Crippen molar-refractivity contribution in [2.24, 2.45) is 0 Å². The number of amides is 2. The Hall–Kier alpha value is -2.11. The summed E-state index contributed by atoms with van der Waals surface area (Å²) in [6, 6.07) is 10.3. The first kappa shape index (κ1) is 22.2. The van der Waals surface area contributed by atoms with Gasteiger partial charge in [-0.05, 0) is 50.1 Å². The summed E-state index contributed by atoms with van der Waals surface area (Å²) in [6.07, 6.45) is -0.146. The van der Waals surface area contributed by atoms with Crippen molar-refractivity contribution in [3.63, 3.8) is 0 Å². The monoisotopic (exact) mass is 424 g/mol. The summed E-state index contributed by atoms with van der Waals surface area (Å²) in [6.45, 7) is 5.48. The van der Waals surface area contributed by atoms with Crippen molar-refractivity contribution in [3.8, 4) is 0 Å². The van der Waals surface area contributed by atoms with Gasteiger partial charge in [-0.15, -0.1) is 0 Å². The number of nitrogens with one attached hydrogen (secondary N) is 1. The number of hydrogen-bond donors (Lipinski definition) is 1. The molecule has 0 aliphatic heterocycles. The van der Waals surface area contributed by atoms with Crippen LogP contribution >= 0.6 is 23.2 Å². The fourth-order valence-corrected chi connectivity index (χ4v) is 3.05. The number of hydrogen-bond acceptors (Lipinski definition) is 2. The Bertz CT molecular complexity index is 858. The molecule has 0 aliphatic carbocycles. The lowest BCUT2D eigenvalue weighted by atomic mass is 10.1. The maximum Gasteiger partial charge on any atom is 0.242 e. The Kier molecular flexibility index (Phi) is 7.84. The molecule has 2 aromatic carbocycles. The zero-order valence-electron chi connectivity index (χ0n) is 16.0. The van der Waals surface area contributed by atoms with Gasteiger partial charge in [0, 0.05) is 12.6 Å². The number of benzene rings is 2. The highest BCUT2D eigenvalue weighted by Crippen LogP contribution is 2.24. The van der Waals surface area contributed by atoms with E-state index in [1.807, 2.05) is 13.8 Å². The maximum atomic E-state index is 14.0. The molecule has 0 bridgehead atoms. The number of carbonyl (C=O) groups is 2. The van der Waals surface area contributed by atoms with Gasteiger partial charge in [0.25, 0.3) is 0 Å². The quantitative estimate of drug-likeness (QED) is 0.704. The molecule has 0 aromatic heterocycles. The Balaban J connectivity index is 2.28. The lowest BCUT2D eigenvalue weighted by Gasteiger charge is -2.29. The van der Waals surface area contributed by atoms with Crippen molar-refractivity contribution < 1.29 is 14.0 Å². The molecule has 0 radical (unpaired) electrons. The maximum absolute atomic E-state index is 14.0. The number of carbonyl (C=O) groups excluding carboxylic acids is 2. The fourth-order valence-electron chi connectivity index (χ4n) is 2.73. The molecule has 0 saturated carbocycles. The molecule has 1 atom stereocenters. The van der Waals surface area contributed by atoms with Crippen LogP contribution in [0.5, 0.6) is 0 Å². The summed E-state index contributed by atoms with van der Waals surface area (Å²) < 4.78 is 14.0.